The van der Waals surface area contributed by atoms with Crippen LogP contribution in [-0.2, 0) is 22.3 Å². The third-order valence-electron chi connectivity index (χ3n) is 5.81. The first-order valence-corrected chi connectivity index (χ1v) is 10.6. The van der Waals surface area contributed by atoms with Gasteiger partial charge in [0.05, 0.1) is 16.5 Å². The van der Waals surface area contributed by atoms with Crippen LogP contribution in [0.25, 0.3) is 10.9 Å². The molecule has 4 rings (SSSR count). The molecule has 11 heteroatoms. The maximum absolute atomic E-state index is 13.2. The highest BCUT2D eigenvalue weighted by atomic mass is 19.4. The van der Waals surface area contributed by atoms with Crippen LogP contribution >= 0.6 is 0 Å². The van der Waals surface area contributed by atoms with Crippen LogP contribution in [0.2, 0.25) is 0 Å². The van der Waals surface area contributed by atoms with E-state index in [-0.39, 0.29) is 30.2 Å². The monoisotopic (exact) mass is 474 g/mol. The van der Waals surface area contributed by atoms with Gasteiger partial charge < -0.3 is 14.8 Å². The molecule has 1 aromatic heterocycles. The number of carbonyl (C=O) groups excluding carboxylic acids is 2. The van der Waals surface area contributed by atoms with Crippen LogP contribution in [-0.4, -0.2) is 39.3 Å². The summed E-state index contributed by atoms with van der Waals surface area (Å²) in [6.45, 7) is 0.389. The summed E-state index contributed by atoms with van der Waals surface area (Å²) in [5.41, 5.74) is -0.0634. The number of nitrogens with one attached hydrogen (secondary N) is 1. The van der Waals surface area contributed by atoms with Crippen LogP contribution < -0.4 is 5.32 Å². The number of nitro groups is 1. The van der Waals surface area contributed by atoms with Crippen molar-refractivity contribution < 1.29 is 27.7 Å². The number of benzene rings is 2. The molecule has 0 saturated carbocycles. The molecule has 1 aliphatic rings. The van der Waals surface area contributed by atoms with Gasteiger partial charge in [-0.05, 0) is 36.2 Å². The number of halogens is 3. The molecule has 34 heavy (non-hydrogen) atoms. The maximum Gasteiger partial charge on any atom is 0.416 e. The topological polar surface area (TPSA) is 97.5 Å². The third kappa shape index (κ3) is 5.03. The zero-order chi connectivity index (χ0) is 24.5. The van der Waals surface area contributed by atoms with E-state index in [1.165, 1.54) is 35.2 Å². The fourth-order valence-corrected chi connectivity index (χ4v) is 4.12. The zero-order valence-electron chi connectivity index (χ0n) is 17.9. The highest BCUT2D eigenvalue weighted by Gasteiger charge is 2.32. The second-order valence-corrected chi connectivity index (χ2v) is 8.13. The summed E-state index contributed by atoms with van der Waals surface area (Å²) in [5, 5.41) is 14.3. The summed E-state index contributed by atoms with van der Waals surface area (Å²) in [6, 6.07) is 9.77. The Kier molecular flexibility index (Phi) is 6.27. The van der Waals surface area contributed by atoms with Crippen molar-refractivity contribution in [1.29, 1.82) is 0 Å². The largest absolute Gasteiger partial charge is 0.416 e. The molecule has 1 saturated heterocycles. The number of hydrogen-bond acceptors (Lipinski definition) is 4. The second kappa shape index (κ2) is 9.16. The van der Waals surface area contributed by atoms with Crippen molar-refractivity contribution in [2.24, 2.45) is 0 Å². The van der Waals surface area contributed by atoms with Gasteiger partial charge in [0.1, 0.15) is 6.54 Å². The molecule has 178 valence electrons. The van der Waals surface area contributed by atoms with E-state index in [2.05, 4.69) is 5.32 Å². The Morgan fingerprint density at radius 2 is 1.97 bits per heavy atom. The lowest BCUT2D eigenvalue weighted by molar-refractivity contribution is -0.384. The Labute approximate surface area is 192 Å². The number of carbonyl (C=O) groups is 2. The molecule has 0 radical (unpaired) electrons. The minimum Gasteiger partial charge on any atom is -0.346 e. The summed E-state index contributed by atoms with van der Waals surface area (Å²) in [7, 11) is 0. The number of alkyl halides is 3. The molecule has 1 fully saturated rings. The first-order valence-electron chi connectivity index (χ1n) is 10.6. The lowest BCUT2D eigenvalue weighted by atomic mass is 10.0. The SMILES string of the molecule is O=C(Cn1ccc2cc([N+](=O)[O-])ccc21)N[C@H](CN1CCCC1=O)c1cccc(C(F)(F)F)c1. The molecule has 3 aromatic rings. The number of hydrogen-bond donors (Lipinski definition) is 1. The van der Waals surface area contributed by atoms with Crippen molar-refractivity contribution in [2.75, 3.05) is 13.1 Å². The molecule has 0 aliphatic carbocycles. The lowest BCUT2D eigenvalue weighted by Crippen LogP contribution is -2.39. The lowest BCUT2D eigenvalue weighted by Gasteiger charge is -2.26. The smallest absolute Gasteiger partial charge is 0.346 e. The molecule has 8 nitrogen and oxygen atoms in total. The summed E-state index contributed by atoms with van der Waals surface area (Å²) < 4.78 is 41.3. The molecular formula is C23H21F3N4O4. The first kappa shape index (κ1) is 23.3. The zero-order valence-corrected chi connectivity index (χ0v) is 17.9. The van der Waals surface area contributed by atoms with Crippen molar-refractivity contribution in [3.8, 4) is 0 Å². The van der Waals surface area contributed by atoms with Crippen molar-refractivity contribution >= 4 is 28.4 Å². The van der Waals surface area contributed by atoms with E-state index < -0.39 is 28.6 Å². The molecule has 1 N–H and O–H groups in total. The van der Waals surface area contributed by atoms with Gasteiger partial charge in [-0.1, -0.05) is 12.1 Å². The van der Waals surface area contributed by atoms with Crippen molar-refractivity contribution in [3.05, 3.63) is 76.0 Å². The van der Waals surface area contributed by atoms with Gasteiger partial charge in [-0.3, -0.25) is 19.7 Å². The Morgan fingerprint density at radius 1 is 1.18 bits per heavy atom. The normalized spacial score (nSPS) is 15.0. The molecule has 1 atom stereocenters. The van der Waals surface area contributed by atoms with Gasteiger partial charge in [0.2, 0.25) is 11.8 Å². The van der Waals surface area contributed by atoms with Gasteiger partial charge in [-0.2, -0.15) is 13.2 Å². The first-order chi connectivity index (χ1) is 16.1. The van der Waals surface area contributed by atoms with Crippen LogP contribution in [0.15, 0.2) is 54.7 Å². The summed E-state index contributed by atoms with van der Waals surface area (Å²) in [4.78, 5) is 37.0. The van der Waals surface area contributed by atoms with Gasteiger partial charge in [0.15, 0.2) is 0 Å². The molecule has 2 amide bonds. The maximum atomic E-state index is 13.2. The summed E-state index contributed by atoms with van der Waals surface area (Å²) >= 11 is 0. The number of amides is 2. The van der Waals surface area contributed by atoms with E-state index in [4.69, 9.17) is 0 Å². The number of nitro benzene ring substituents is 1. The second-order valence-electron chi connectivity index (χ2n) is 8.13. The Bertz CT molecular complexity index is 1250. The van der Waals surface area contributed by atoms with Crippen LogP contribution in [0.1, 0.15) is 30.0 Å². The molecule has 0 spiro atoms. The number of aromatic nitrogens is 1. The van der Waals surface area contributed by atoms with Crippen LogP contribution in [0.3, 0.4) is 0 Å². The van der Waals surface area contributed by atoms with Crippen molar-refractivity contribution in [1.82, 2.24) is 14.8 Å². The predicted molar refractivity (Wildman–Crippen MR) is 117 cm³/mol. The number of non-ortho nitro benzene ring substituents is 1. The van der Waals surface area contributed by atoms with E-state index >= 15 is 0 Å². The van der Waals surface area contributed by atoms with Gasteiger partial charge in [0, 0.05) is 48.7 Å². The standard InChI is InChI=1S/C23H21F3N4O4/c24-23(25,26)17-4-1-3-15(11-17)19(13-29-9-2-5-22(29)32)27-21(31)14-28-10-8-16-12-18(30(33)34)6-7-20(16)28/h1,3-4,6-8,10-12,19H,2,5,9,13-14H2,(H,27,31)/t19-/m1/s1. The van der Waals surface area contributed by atoms with Gasteiger partial charge in [0.25, 0.3) is 5.69 Å². The Hall–Kier alpha value is -3.89. The summed E-state index contributed by atoms with van der Waals surface area (Å²) in [6.07, 6.45) is -1.91. The van der Waals surface area contributed by atoms with E-state index in [1.807, 2.05) is 0 Å². The number of rotatable bonds is 7. The average Bonchev–Trinajstić information content (AvgIpc) is 3.38. The predicted octanol–water partition coefficient (Wildman–Crippen LogP) is 4.05. The minimum absolute atomic E-state index is 0.0600. The fourth-order valence-electron chi connectivity index (χ4n) is 4.12. The minimum atomic E-state index is -4.54. The molecule has 2 aromatic carbocycles. The molecular weight excluding hydrogens is 453 g/mol. The fraction of sp³-hybridized carbons (Fsp3) is 0.304. The van der Waals surface area contributed by atoms with Gasteiger partial charge >= 0.3 is 6.18 Å². The van der Waals surface area contributed by atoms with E-state index in [9.17, 15) is 32.9 Å². The molecule has 2 heterocycles. The number of nitrogens with zero attached hydrogens (tertiary/aromatic N) is 3. The summed E-state index contributed by atoms with van der Waals surface area (Å²) in [5.74, 6) is -0.575. The Balaban J connectivity index is 1.56. The quantitative estimate of drug-likeness (QED) is 0.413. The van der Waals surface area contributed by atoms with E-state index in [1.54, 1.807) is 16.8 Å². The number of fused-ring (bicyclic) bond motifs is 1. The van der Waals surface area contributed by atoms with Gasteiger partial charge in [-0.15, -0.1) is 0 Å². The van der Waals surface area contributed by atoms with Crippen LogP contribution in [0, 0.1) is 10.1 Å². The van der Waals surface area contributed by atoms with Crippen LogP contribution in [0.4, 0.5) is 18.9 Å². The molecule has 0 unspecified atom stereocenters. The number of likely N-dealkylation sites (tertiary alicyclic amines) is 1. The van der Waals surface area contributed by atoms with Gasteiger partial charge in [-0.25, -0.2) is 0 Å². The van der Waals surface area contributed by atoms with Crippen molar-refractivity contribution in [3.63, 3.8) is 0 Å². The van der Waals surface area contributed by atoms with E-state index in [0.717, 1.165) is 12.1 Å². The average molecular weight is 474 g/mol. The highest BCUT2D eigenvalue weighted by Crippen LogP contribution is 2.31. The molecule has 0 bridgehead atoms. The third-order valence-corrected chi connectivity index (χ3v) is 5.81. The Morgan fingerprint density at radius 3 is 2.65 bits per heavy atom. The van der Waals surface area contributed by atoms with Crippen LogP contribution in [0.5, 0.6) is 0 Å². The van der Waals surface area contributed by atoms with E-state index in [0.29, 0.717) is 30.3 Å². The van der Waals surface area contributed by atoms with Crippen molar-refractivity contribution in [2.45, 2.75) is 31.6 Å². The highest BCUT2D eigenvalue weighted by molar-refractivity contribution is 5.85. The molecule has 1 aliphatic heterocycles.